The molecule has 1 aliphatic heterocycles. The third-order valence-electron chi connectivity index (χ3n) is 12.9. The van der Waals surface area contributed by atoms with Crippen LogP contribution in [0.1, 0.15) is 46.7 Å². The summed E-state index contributed by atoms with van der Waals surface area (Å²) in [4.78, 5) is 0. The van der Waals surface area contributed by atoms with E-state index in [2.05, 4.69) is 196 Å². The van der Waals surface area contributed by atoms with E-state index in [0.717, 1.165) is 19.3 Å². The third kappa shape index (κ3) is 5.56. The highest BCUT2D eigenvalue weighted by Crippen LogP contribution is 2.46. The van der Waals surface area contributed by atoms with Crippen LogP contribution in [0.4, 0.5) is 0 Å². The first kappa shape index (κ1) is 34.7. The lowest BCUT2D eigenvalue weighted by Crippen LogP contribution is -2.37. The molecular formula is C57H44Si. The molecule has 0 bridgehead atoms. The summed E-state index contributed by atoms with van der Waals surface area (Å²) in [5.74, 6) is 0. The van der Waals surface area contributed by atoms with E-state index < -0.39 is 9.52 Å². The molecule has 0 unspecified atom stereocenters. The number of hydrogen-bond donors (Lipinski definition) is 0. The van der Waals surface area contributed by atoms with Crippen LogP contribution in [0.2, 0.25) is 0 Å². The topological polar surface area (TPSA) is 0 Å². The minimum absolute atomic E-state index is 0.703. The number of benzene rings is 9. The maximum absolute atomic E-state index is 2.57. The molecule has 0 atom stereocenters. The Kier molecular flexibility index (Phi) is 8.45. The summed E-state index contributed by atoms with van der Waals surface area (Å²) in [6.45, 7) is 4.52. The average Bonchev–Trinajstić information content (AvgIpc) is 3.27. The van der Waals surface area contributed by atoms with Gasteiger partial charge in [0.1, 0.15) is 0 Å². The summed E-state index contributed by atoms with van der Waals surface area (Å²) < 4.78 is 0. The largest absolute Gasteiger partial charge is 0.0882 e. The van der Waals surface area contributed by atoms with Crippen LogP contribution in [0.5, 0.6) is 0 Å². The van der Waals surface area contributed by atoms with Crippen molar-refractivity contribution >= 4 is 64.4 Å². The average molecular weight is 757 g/mol. The lowest BCUT2D eigenvalue weighted by Gasteiger charge is -2.27. The maximum Gasteiger partial charge on any atom is 0.0882 e. The van der Waals surface area contributed by atoms with E-state index in [0.29, 0.717) is 0 Å². The predicted molar refractivity (Wildman–Crippen MR) is 255 cm³/mol. The van der Waals surface area contributed by atoms with Gasteiger partial charge < -0.3 is 0 Å². The third-order valence-corrected chi connectivity index (χ3v) is 15.0. The summed E-state index contributed by atoms with van der Waals surface area (Å²) in [5.41, 5.74) is 19.3. The van der Waals surface area contributed by atoms with Crippen molar-refractivity contribution in [2.45, 2.75) is 33.1 Å². The van der Waals surface area contributed by atoms with Gasteiger partial charge >= 0.3 is 0 Å². The monoisotopic (exact) mass is 756 g/mol. The number of hydrogen-bond acceptors (Lipinski definition) is 0. The summed E-state index contributed by atoms with van der Waals surface area (Å²) >= 11 is 0. The van der Waals surface area contributed by atoms with Crippen molar-refractivity contribution in [3.63, 3.8) is 0 Å². The van der Waals surface area contributed by atoms with Crippen LogP contribution in [0.15, 0.2) is 170 Å². The Balaban J connectivity index is 1.02. The van der Waals surface area contributed by atoms with Crippen molar-refractivity contribution in [1.82, 2.24) is 0 Å². The fourth-order valence-electron chi connectivity index (χ4n) is 10.3. The summed E-state index contributed by atoms with van der Waals surface area (Å²) in [5, 5.41) is 11.0. The van der Waals surface area contributed by atoms with Crippen LogP contribution < -0.4 is 10.4 Å². The Morgan fingerprint density at radius 1 is 0.517 bits per heavy atom. The fourth-order valence-corrected chi connectivity index (χ4v) is 12.2. The van der Waals surface area contributed by atoms with Crippen LogP contribution in [-0.2, 0) is 12.8 Å². The smallest absolute Gasteiger partial charge is 0.0870 e. The van der Waals surface area contributed by atoms with Crippen molar-refractivity contribution < 1.29 is 0 Å². The summed E-state index contributed by atoms with van der Waals surface area (Å²) in [6.07, 6.45) is 12.5. The highest BCUT2D eigenvalue weighted by Gasteiger charge is 2.26. The lowest BCUT2D eigenvalue weighted by atomic mass is 9.78. The zero-order chi connectivity index (χ0) is 38.7. The van der Waals surface area contributed by atoms with Gasteiger partial charge in [0.2, 0.25) is 0 Å². The molecule has 0 fully saturated rings. The molecule has 58 heavy (non-hydrogen) atoms. The van der Waals surface area contributed by atoms with Gasteiger partial charge in [-0.05, 0) is 143 Å². The van der Waals surface area contributed by atoms with Crippen molar-refractivity contribution in [3.05, 3.63) is 203 Å². The van der Waals surface area contributed by atoms with Gasteiger partial charge in [-0.25, -0.2) is 0 Å². The Labute approximate surface area is 343 Å². The second-order valence-corrected chi connectivity index (χ2v) is 18.1. The fraction of sp³-hybridized carbons (Fsp3) is 0.0877. The lowest BCUT2D eigenvalue weighted by molar-refractivity contribution is 0.985. The Morgan fingerprint density at radius 3 is 1.90 bits per heavy atom. The van der Waals surface area contributed by atoms with E-state index in [9.17, 15) is 0 Å². The standard InChI is InChI=1S/C57H44Si/c1-3-16-43-36(2)54(45-28-15-20-37-17-7-8-21-44(37)45)46-22-9-10-23-47(46)56(43)41-30-29-39-33-42-34-40(31-32-52(42)58-53(39)35-41)57-50-26-13-11-24-48(50)55(38-18-5-4-6-19-38)49-25-12-14-27-51(49)57/h3-8,10-21,23-32,34-35H,9,22,33,58H2,1-2H3/b16-3-. The maximum atomic E-state index is 2.57. The quantitative estimate of drug-likeness (QED) is 0.121. The van der Waals surface area contributed by atoms with E-state index in [1.165, 1.54) is 110 Å². The molecule has 1 aliphatic carbocycles. The minimum Gasteiger partial charge on any atom is -0.0870 e. The molecule has 0 saturated heterocycles. The number of allylic oxidation sites excluding steroid dienone is 2. The van der Waals surface area contributed by atoms with Crippen LogP contribution in [0.3, 0.4) is 0 Å². The first-order chi connectivity index (χ1) is 28.7. The molecule has 9 aromatic rings. The van der Waals surface area contributed by atoms with Crippen LogP contribution in [-0.4, -0.2) is 9.52 Å². The first-order valence-corrected chi connectivity index (χ1v) is 22.3. The SMILES string of the molecule is C/C=C\c1c(C)c(-c2cccc3ccccc23)c2c(c1-c1ccc3c(c1)[SiH2]c1ccc(-c4c5ccccc5c(-c5ccccc5)c5ccccc45)cc1C3)C=CCC2. The van der Waals surface area contributed by atoms with Gasteiger partial charge in [-0.2, -0.15) is 0 Å². The van der Waals surface area contributed by atoms with Crippen molar-refractivity contribution in [2.75, 3.05) is 0 Å². The minimum atomic E-state index is -0.703. The molecule has 9 aromatic carbocycles. The van der Waals surface area contributed by atoms with E-state index in [4.69, 9.17) is 0 Å². The number of fused-ring (bicyclic) bond motifs is 6. The molecule has 0 spiro atoms. The Morgan fingerprint density at radius 2 is 1.16 bits per heavy atom. The highest BCUT2D eigenvalue weighted by atomic mass is 28.2. The molecule has 0 saturated carbocycles. The van der Waals surface area contributed by atoms with E-state index in [1.807, 2.05) is 0 Å². The molecule has 1 heterocycles. The first-order valence-electron chi connectivity index (χ1n) is 20.9. The number of rotatable bonds is 5. The van der Waals surface area contributed by atoms with Gasteiger partial charge in [-0.3, -0.25) is 0 Å². The summed E-state index contributed by atoms with van der Waals surface area (Å²) in [6, 6.07) is 59.4. The van der Waals surface area contributed by atoms with Crippen molar-refractivity contribution in [1.29, 1.82) is 0 Å². The normalized spacial score (nSPS) is 13.7. The summed E-state index contributed by atoms with van der Waals surface area (Å²) in [7, 11) is -0.703. The molecular weight excluding hydrogens is 713 g/mol. The highest BCUT2D eigenvalue weighted by molar-refractivity contribution is 6.69. The van der Waals surface area contributed by atoms with Gasteiger partial charge in [-0.15, -0.1) is 0 Å². The molecule has 0 N–H and O–H groups in total. The van der Waals surface area contributed by atoms with Crippen LogP contribution in [0, 0.1) is 6.92 Å². The zero-order valence-corrected chi connectivity index (χ0v) is 34.6. The van der Waals surface area contributed by atoms with Crippen molar-refractivity contribution in [2.24, 2.45) is 0 Å². The molecule has 0 radical (unpaired) electrons. The molecule has 0 aromatic heterocycles. The second-order valence-electron chi connectivity index (χ2n) is 16.2. The molecule has 0 amide bonds. The Bertz CT molecular complexity index is 3110. The van der Waals surface area contributed by atoms with E-state index >= 15 is 0 Å². The van der Waals surface area contributed by atoms with E-state index in [1.54, 1.807) is 10.4 Å². The van der Waals surface area contributed by atoms with Crippen LogP contribution in [0.25, 0.3) is 89.0 Å². The molecule has 0 nitrogen and oxygen atoms in total. The zero-order valence-electron chi connectivity index (χ0n) is 33.1. The van der Waals surface area contributed by atoms with Gasteiger partial charge in [0.05, 0.1) is 9.52 Å². The Hall–Kier alpha value is -6.54. The molecule has 276 valence electrons. The van der Waals surface area contributed by atoms with Gasteiger partial charge in [0, 0.05) is 0 Å². The second kappa shape index (κ2) is 14.1. The molecule has 2 aliphatic rings. The molecule has 11 rings (SSSR count). The van der Waals surface area contributed by atoms with Gasteiger partial charge in [0.25, 0.3) is 0 Å². The van der Waals surface area contributed by atoms with Gasteiger partial charge in [0.15, 0.2) is 0 Å². The van der Waals surface area contributed by atoms with Gasteiger partial charge in [-0.1, -0.05) is 192 Å². The van der Waals surface area contributed by atoms with Crippen molar-refractivity contribution in [3.8, 4) is 44.5 Å². The van der Waals surface area contributed by atoms with Crippen LogP contribution >= 0.6 is 0 Å². The molecule has 1 heteroatoms. The predicted octanol–water partition coefficient (Wildman–Crippen LogP) is 13.1. The van der Waals surface area contributed by atoms with E-state index in [-0.39, 0.29) is 0 Å².